The molecule has 2 aromatic rings. The molecule has 0 bridgehead atoms. The lowest BCUT2D eigenvalue weighted by molar-refractivity contribution is -0.132. The van der Waals surface area contributed by atoms with Crippen LogP contribution in [0.4, 0.5) is 14.9 Å². The second kappa shape index (κ2) is 9.91. The third-order valence-corrected chi connectivity index (χ3v) is 5.77. The molecule has 1 atom stereocenters. The van der Waals surface area contributed by atoms with E-state index in [1.807, 2.05) is 29.2 Å². The number of halogens is 2. The van der Waals surface area contributed by atoms with Crippen LogP contribution >= 0.6 is 15.9 Å². The maximum Gasteiger partial charge on any atom is 0.312 e. The largest absolute Gasteiger partial charge is 0.366 e. The van der Waals surface area contributed by atoms with Crippen molar-refractivity contribution in [1.29, 1.82) is 0 Å². The van der Waals surface area contributed by atoms with E-state index in [-0.39, 0.29) is 18.1 Å². The predicted octanol–water partition coefficient (Wildman–Crippen LogP) is 3.24. The van der Waals surface area contributed by atoms with Gasteiger partial charge in [-0.1, -0.05) is 28.1 Å². The Bertz CT molecular complexity index is 992. The number of nitrogens with zero attached hydrogens (tertiary/aromatic N) is 2. The van der Waals surface area contributed by atoms with E-state index in [1.165, 1.54) is 13.0 Å². The number of hydrogen-bond donors (Lipinski definition) is 2. The Hall–Kier alpha value is -2.94. The second-order valence-electron chi connectivity index (χ2n) is 7.41. The van der Waals surface area contributed by atoms with Gasteiger partial charge < -0.3 is 20.9 Å². The molecule has 3 N–H and O–H groups in total. The van der Waals surface area contributed by atoms with Crippen LogP contribution in [0.2, 0.25) is 0 Å². The molecule has 7 nitrogen and oxygen atoms in total. The number of hydrogen-bond acceptors (Lipinski definition) is 4. The van der Waals surface area contributed by atoms with Crippen molar-refractivity contribution in [2.45, 2.75) is 19.4 Å². The molecule has 0 aromatic heterocycles. The number of nitrogens with two attached hydrogens (primary N) is 1. The molecule has 1 aliphatic rings. The Morgan fingerprint density at radius 3 is 2.42 bits per heavy atom. The van der Waals surface area contributed by atoms with Gasteiger partial charge in [-0.2, -0.15) is 0 Å². The summed E-state index contributed by atoms with van der Waals surface area (Å²) in [6, 6.07) is 10.5. The van der Waals surface area contributed by atoms with Crippen LogP contribution in [0.3, 0.4) is 0 Å². The summed E-state index contributed by atoms with van der Waals surface area (Å²) in [7, 11) is 0. The number of nitrogens with one attached hydrogen (secondary N) is 1. The maximum absolute atomic E-state index is 14.4. The molecular formula is C22H24BrFN4O3. The van der Waals surface area contributed by atoms with Crippen LogP contribution in [0.25, 0.3) is 0 Å². The molecule has 1 heterocycles. The molecule has 31 heavy (non-hydrogen) atoms. The van der Waals surface area contributed by atoms with E-state index < -0.39 is 17.9 Å². The standard InChI is InChI=1S/C22H24BrFN4O3/c1-14(29)15-5-6-20(18(24)12-15)27-7-9-28(10-8-27)21(30)13-19(26-22(25)31)16-3-2-4-17(23)11-16/h2-6,11-12,19H,7-10,13H2,1H3,(H3,25,26,31). The number of amides is 3. The van der Waals surface area contributed by atoms with E-state index in [9.17, 15) is 18.8 Å². The van der Waals surface area contributed by atoms with Crippen molar-refractivity contribution in [3.63, 3.8) is 0 Å². The lowest BCUT2D eigenvalue weighted by Crippen LogP contribution is -2.49. The molecule has 0 saturated carbocycles. The normalized spacial score (nSPS) is 14.8. The Labute approximate surface area is 188 Å². The Kier molecular flexibility index (Phi) is 7.27. The van der Waals surface area contributed by atoms with Gasteiger partial charge in [0.25, 0.3) is 0 Å². The molecule has 1 unspecified atom stereocenters. The second-order valence-corrected chi connectivity index (χ2v) is 8.33. The van der Waals surface area contributed by atoms with E-state index in [2.05, 4.69) is 21.2 Å². The average Bonchev–Trinajstić information content (AvgIpc) is 2.73. The van der Waals surface area contributed by atoms with Crippen molar-refractivity contribution < 1.29 is 18.8 Å². The highest BCUT2D eigenvalue weighted by atomic mass is 79.9. The molecule has 3 amide bonds. The van der Waals surface area contributed by atoms with Gasteiger partial charge in [-0.25, -0.2) is 9.18 Å². The van der Waals surface area contributed by atoms with Crippen LogP contribution in [-0.2, 0) is 4.79 Å². The number of primary amides is 1. The zero-order valence-electron chi connectivity index (χ0n) is 17.1. The maximum atomic E-state index is 14.4. The van der Waals surface area contributed by atoms with Gasteiger partial charge in [0.15, 0.2) is 5.78 Å². The Morgan fingerprint density at radius 1 is 1.13 bits per heavy atom. The SMILES string of the molecule is CC(=O)c1ccc(N2CCN(C(=O)CC(NC(N)=O)c3cccc(Br)c3)CC2)c(F)c1. The molecule has 1 saturated heterocycles. The smallest absolute Gasteiger partial charge is 0.312 e. The summed E-state index contributed by atoms with van der Waals surface area (Å²) in [5.74, 6) is -0.760. The fraction of sp³-hybridized carbons (Fsp3) is 0.318. The van der Waals surface area contributed by atoms with Crippen LogP contribution in [-0.4, -0.2) is 48.8 Å². The number of carbonyl (C=O) groups excluding carboxylic acids is 3. The lowest BCUT2D eigenvalue weighted by atomic mass is 10.0. The quantitative estimate of drug-likeness (QED) is 0.607. The number of rotatable bonds is 6. The third-order valence-electron chi connectivity index (χ3n) is 5.27. The van der Waals surface area contributed by atoms with E-state index in [4.69, 9.17) is 5.73 Å². The first kappa shape index (κ1) is 22.7. The topological polar surface area (TPSA) is 95.7 Å². The molecule has 164 valence electrons. The monoisotopic (exact) mass is 490 g/mol. The van der Waals surface area contributed by atoms with E-state index in [0.29, 0.717) is 37.4 Å². The third kappa shape index (κ3) is 5.81. The molecule has 1 fully saturated rings. The molecule has 0 radical (unpaired) electrons. The highest BCUT2D eigenvalue weighted by Crippen LogP contribution is 2.24. The minimum absolute atomic E-state index is 0.0705. The van der Waals surface area contributed by atoms with Crippen LogP contribution in [0.15, 0.2) is 46.9 Å². The van der Waals surface area contributed by atoms with Crippen LogP contribution in [0.5, 0.6) is 0 Å². The van der Waals surface area contributed by atoms with Crippen molar-refractivity contribution >= 4 is 39.3 Å². The fourth-order valence-electron chi connectivity index (χ4n) is 3.63. The van der Waals surface area contributed by atoms with Crippen molar-refractivity contribution in [1.82, 2.24) is 10.2 Å². The molecule has 3 rings (SSSR count). The molecule has 1 aliphatic heterocycles. The summed E-state index contributed by atoms with van der Waals surface area (Å²) < 4.78 is 15.3. The van der Waals surface area contributed by atoms with Gasteiger partial charge in [-0.05, 0) is 42.8 Å². The lowest BCUT2D eigenvalue weighted by Gasteiger charge is -2.37. The Morgan fingerprint density at radius 2 is 1.84 bits per heavy atom. The van der Waals surface area contributed by atoms with Crippen LogP contribution in [0, 0.1) is 5.82 Å². The van der Waals surface area contributed by atoms with Gasteiger partial charge in [0, 0.05) is 36.2 Å². The van der Waals surface area contributed by atoms with Gasteiger partial charge in [-0.15, -0.1) is 0 Å². The minimum Gasteiger partial charge on any atom is -0.366 e. The number of benzene rings is 2. The Balaban J connectivity index is 1.63. The highest BCUT2D eigenvalue weighted by molar-refractivity contribution is 9.10. The summed E-state index contributed by atoms with van der Waals surface area (Å²) in [4.78, 5) is 39.3. The number of piperazine rings is 1. The van der Waals surface area contributed by atoms with Gasteiger partial charge >= 0.3 is 6.03 Å². The molecule has 9 heteroatoms. The number of anilines is 1. The van der Waals surface area contributed by atoms with Crippen molar-refractivity contribution in [2.24, 2.45) is 5.73 Å². The highest BCUT2D eigenvalue weighted by Gasteiger charge is 2.26. The van der Waals surface area contributed by atoms with Gasteiger partial charge in [0.1, 0.15) is 5.82 Å². The zero-order chi connectivity index (χ0) is 22.5. The minimum atomic E-state index is -0.702. The molecular weight excluding hydrogens is 467 g/mol. The number of carbonyl (C=O) groups is 3. The van der Waals surface area contributed by atoms with E-state index in [0.717, 1.165) is 10.0 Å². The summed E-state index contributed by atoms with van der Waals surface area (Å²) in [6.45, 7) is 3.18. The van der Waals surface area contributed by atoms with Crippen LogP contribution in [0.1, 0.15) is 35.3 Å². The van der Waals surface area contributed by atoms with E-state index >= 15 is 0 Å². The average molecular weight is 491 g/mol. The first-order valence-electron chi connectivity index (χ1n) is 9.89. The molecule has 2 aromatic carbocycles. The van der Waals surface area contributed by atoms with Crippen molar-refractivity contribution in [3.05, 3.63) is 63.9 Å². The van der Waals surface area contributed by atoms with Gasteiger partial charge in [0.2, 0.25) is 5.91 Å². The first-order chi connectivity index (χ1) is 14.7. The zero-order valence-corrected chi connectivity index (χ0v) is 18.7. The number of ketones is 1. The van der Waals surface area contributed by atoms with E-state index in [1.54, 1.807) is 17.0 Å². The summed E-state index contributed by atoms with van der Waals surface area (Å²) in [5, 5.41) is 2.63. The van der Waals surface area contributed by atoms with Crippen molar-refractivity contribution in [3.8, 4) is 0 Å². The molecule has 0 aliphatic carbocycles. The first-order valence-corrected chi connectivity index (χ1v) is 10.7. The number of urea groups is 1. The van der Waals surface area contributed by atoms with Crippen molar-refractivity contribution in [2.75, 3.05) is 31.1 Å². The summed E-state index contributed by atoms with van der Waals surface area (Å²) in [5.41, 5.74) is 6.82. The predicted molar refractivity (Wildman–Crippen MR) is 119 cm³/mol. The summed E-state index contributed by atoms with van der Waals surface area (Å²) >= 11 is 3.39. The number of Topliss-reactive ketones (excluding diaryl/α,β-unsaturated/α-hetero) is 1. The van der Waals surface area contributed by atoms with Gasteiger partial charge in [0.05, 0.1) is 18.2 Å². The molecule has 0 spiro atoms. The fourth-order valence-corrected chi connectivity index (χ4v) is 4.05. The van der Waals surface area contributed by atoms with Gasteiger partial charge in [-0.3, -0.25) is 9.59 Å². The summed E-state index contributed by atoms with van der Waals surface area (Å²) in [6.07, 6.45) is 0.0705. The van der Waals surface area contributed by atoms with Crippen LogP contribution < -0.4 is 16.0 Å².